The standard InChI is InChI=1S/C53H91NO5/c1-4-7-10-13-16-19-22-25-26-28-30-33-36-39-42-45-51(56)50(48-55)54-52(57)47-49(44-41-38-35-32-29-24-21-18-15-12-9-6-3)59-53(58)46-43-40-37-34-31-27-23-20-17-14-11-8-5-2/h8-9,11-12,14,17-18,20-21,23,27,29,31-32,49-51,55-56H,4-7,10,13,15-16,19,22,24-26,28,30,33-48H2,1-3H3,(H,54,57)/b11-8+,12-9+,17-14+,21-18+,23-20-,31-27-,32-29+. The molecule has 0 heterocycles. The average molecular weight is 822 g/mol. The monoisotopic (exact) mass is 822 g/mol. The number of unbranched alkanes of at least 4 members (excludes halogenated alkanes) is 19. The maximum Gasteiger partial charge on any atom is 0.306 e. The molecule has 6 nitrogen and oxygen atoms in total. The molecule has 0 bridgehead atoms. The largest absolute Gasteiger partial charge is 0.462 e. The zero-order chi connectivity index (χ0) is 43.1. The van der Waals surface area contributed by atoms with Gasteiger partial charge < -0.3 is 20.3 Å². The molecule has 3 atom stereocenters. The van der Waals surface area contributed by atoms with Crippen LogP contribution in [0.5, 0.6) is 0 Å². The zero-order valence-electron chi connectivity index (χ0n) is 38.4. The number of hydrogen-bond acceptors (Lipinski definition) is 5. The van der Waals surface area contributed by atoms with Crippen molar-refractivity contribution in [1.82, 2.24) is 5.32 Å². The molecular formula is C53H91NO5. The molecule has 338 valence electrons. The lowest BCUT2D eigenvalue weighted by molar-refractivity contribution is -0.151. The van der Waals surface area contributed by atoms with Gasteiger partial charge in [0.1, 0.15) is 6.10 Å². The fourth-order valence-electron chi connectivity index (χ4n) is 6.92. The van der Waals surface area contributed by atoms with Gasteiger partial charge in [-0.1, -0.05) is 209 Å². The van der Waals surface area contributed by atoms with Crippen LogP contribution in [0, 0.1) is 0 Å². The number of allylic oxidation sites excluding steroid dienone is 14. The Morgan fingerprint density at radius 2 is 1.00 bits per heavy atom. The minimum atomic E-state index is -0.808. The number of aliphatic hydroxyl groups excluding tert-OH is 2. The summed E-state index contributed by atoms with van der Waals surface area (Å²) in [6.07, 6.45) is 59.3. The van der Waals surface area contributed by atoms with Crippen LogP contribution in [0.2, 0.25) is 0 Å². The second-order valence-electron chi connectivity index (χ2n) is 16.2. The van der Waals surface area contributed by atoms with Crippen LogP contribution in [-0.4, -0.2) is 46.9 Å². The highest BCUT2D eigenvalue weighted by atomic mass is 16.5. The average Bonchev–Trinajstić information content (AvgIpc) is 3.23. The molecule has 0 saturated heterocycles. The Bertz CT molecular complexity index is 1150. The zero-order valence-corrected chi connectivity index (χ0v) is 38.4. The Labute approximate surface area is 363 Å². The molecule has 0 aliphatic carbocycles. The van der Waals surface area contributed by atoms with E-state index in [1.54, 1.807) is 0 Å². The van der Waals surface area contributed by atoms with Gasteiger partial charge in [-0.2, -0.15) is 0 Å². The Balaban J connectivity index is 4.66. The van der Waals surface area contributed by atoms with E-state index < -0.39 is 18.2 Å². The second kappa shape index (κ2) is 46.1. The first kappa shape index (κ1) is 56.0. The van der Waals surface area contributed by atoms with Crippen molar-refractivity contribution in [3.05, 3.63) is 85.1 Å². The minimum Gasteiger partial charge on any atom is -0.462 e. The van der Waals surface area contributed by atoms with Crippen molar-refractivity contribution in [2.45, 2.75) is 232 Å². The first-order valence-corrected chi connectivity index (χ1v) is 24.4. The number of hydrogen-bond donors (Lipinski definition) is 3. The van der Waals surface area contributed by atoms with Crippen molar-refractivity contribution in [2.75, 3.05) is 6.61 Å². The van der Waals surface area contributed by atoms with Crippen molar-refractivity contribution in [3.8, 4) is 0 Å². The highest BCUT2D eigenvalue weighted by molar-refractivity contribution is 5.77. The van der Waals surface area contributed by atoms with Gasteiger partial charge >= 0.3 is 5.97 Å². The van der Waals surface area contributed by atoms with Gasteiger partial charge in [0.05, 0.1) is 25.2 Å². The maximum absolute atomic E-state index is 13.2. The molecule has 0 aromatic rings. The van der Waals surface area contributed by atoms with Crippen molar-refractivity contribution < 1.29 is 24.5 Å². The van der Waals surface area contributed by atoms with Crippen LogP contribution in [-0.2, 0) is 14.3 Å². The van der Waals surface area contributed by atoms with Crippen LogP contribution in [0.25, 0.3) is 0 Å². The van der Waals surface area contributed by atoms with Crippen LogP contribution in [0.1, 0.15) is 213 Å². The van der Waals surface area contributed by atoms with E-state index in [9.17, 15) is 19.8 Å². The topological polar surface area (TPSA) is 95.9 Å². The molecule has 0 aromatic carbocycles. The highest BCUT2D eigenvalue weighted by Crippen LogP contribution is 2.17. The summed E-state index contributed by atoms with van der Waals surface area (Å²) in [6.45, 7) is 6.20. The first-order valence-electron chi connectivity index (χ1n) is 24.4. The number of ether oxygens (including phenoxy) is 1. The molecule has 59 heavy (non-hydrogen) atoms. The van der Waals surface area contributed by atoms with Gasteiger partial charge in [0.2, 0.25) is 5.91 Å². The molecule has 3 unspecified atom stereocenters. The molecule has 0 fully saturated rings. The molecule has 1 amide bonds. The summed E-state index contributed by atoms with van der Waals surface area (Å²) in [5.41, 5.74) is 0. The lowest BCUT2D eigenvalue weighted by Gasteiger charge is -2.24. The number of esters is 1. The Morgan fingerprint density at radius 1 is 0.525 bits per heavy atom. The molecule has 0 saturated carbocycles. The predicted octanol–water partition coefficient (Wildman–Crippen LogP) is 14.4. The Kier molecular flexibility index (Phi) is 43.8. The Hall–Kier alpha value is -2.96. The molecule has 6 heteroatoms. The summed E-state index contributed by atoms with van der Waals surface area (Å²) >= 11 is 0. The van der Waals surface area contributed by atoms with E-state index in [1.165, 1.54) is 77.0 Å². The molecule has 0 spiro atoms. The third-order valence-corrected chi connectivity index (χ3v) is 10.6. The molecule has 0 aromatic heterocycles. The summed E-state index contributed by atoms with van der Waals surface area (Å²) in [6, 6.07) is -0.726. The van der Waals surface area contributed by atoms with Gasteiger partial charge in [0.15, 0.2) is 0 Å². The number of carbonyl (C=O) groups excluding carboxylic acids is 2. The third-order valence-electron chi connectivity index (χ3n) is 10.6. The number of amides is 1. The maximum atomic E-state index is 13.2. The summed E-state index contributed by atoms with van der Waals surface area (Å²) < 4.78 is 5.87. The van der Waals surface area contributed by atoms with Crippen molar-refractivity contribution in [3.63, 3.8) is 0 Å². The molecular weight excluding hydrogens is 731 g/mol. The second-order valence-corrected chi connectivity index (χ2v) is 16.2. The van der Waals surface area contributed by atoms with Gasteiger partial charge in [0, 0.05) is 6.42 Å². The summed E-state index contributed by atoms with van der Waals surface area (Å²) in [5, 5.41) is 23.7. The SMILES string of the molecule is CC/C=C/C=C/C=C\C=C/CCCCCC(=O)OC(CCCC/C=C/C/C=C/C/C=C/CC)CC(=O)NC(CO)C(O)CCCCCCCCCCCCCCCCC. The number of rotatable bonds is 42. The molecule has 0 radical (unpaired) electrons. The molecule has 0 aliphatic heterocycles. The lowest BCUT2D eigenvalue weighted by Crippen LogP contribution is -2.46. The first-order chi connectivity index (χ1) is 29.0. The molecule has 3 N–H and O–H groups in total. The minimum absolute atomic E-state index is 0.0312. The van der Waals surface area contributed by atoms with E-state index in [1.807, 2.05) is 30.4 Å². The van der Waals surface area contributed by atoms with E-state index in [4.69, 9.17) is 4.74 Å². The van der Waals surface area contributed by atoms with Crippen molar-refractivity contribution >= 4 is 11.9 Å². The van der Waals surface area contributed by atoms with Gasteiger partial charge in [-0.25, -0.2) is 0 Å². The number of aliphatic hydroxyl groups is 2. The summed E-state index contributed by atoms with van der Waals surface area (Å²) in [5.74, 6) is -0.566. The van der Waals surface area contributed by atoms with Gasteiger partial charge in [-0.05, 0) is 77.0 Å². The normalized spacial score (nSPS) is 14.1. The fourth-order valence-corrected chi connectivity index (χ4v) is 6.92. The van der Waals surface area contributed by atoms with Crippen LogP contribution in [0.15, 0.2) is 85.1 Å². The number of nitrogens with one attached hydrogen (secondary N) is 1. The van der Waals surface area contributed by atoms with Gasteiger partial charge in [0.25, 0.3) is 0 Å². The van der Waals surface area contributed by atoms with Crippen LogP contribution in [0.4, 0.5) is 0 Å². The quantitative estimate of drug-likeness (QED) is 0.0247. The highest BCUT2D eigenvalue weighted by Gasteiger charge is 2.24. The van der Waals surface area contributed by atoms with Gasteiger partial charge in [-0.3, -0.25) is 9.59 Å². The van der Waals surface area contributed by atoms with E-state index in [-0.39, 0.29) is 24.9 Å². The van der Waals surface area contributed by atoms with E-state index in [0.717, 1.165) is 89.9 Å². The van der Waals surface area contributed by atoms with E-state index >= 15 is 0 Å². The van der Waals surface area contributed by atoms with Crippen LogP contribution >= 0.6 is 0 Å². The molecule has 0 rings (SSSR count). The molecule has 0 aliphatic rings. The van der Waals surface area contributed by atoms with E-state index in [0.29, 0.717) is 19.3 Å². The fraction of sp³-hybridized carbons (Fsp3) is 0.698. The van der Waals surface area contributed by atoms with Crippen molar-refractivity contribution in [2.24, 2.45) is 0 Å². The van der Waals surface area contributed by atoms with Crippen molar-refractivity contribution in [1.29, 1.82) is 0 Å². The third kappa shape index (κ3) is 41.6. The Morgan fingerprint density at radius 3 is 1.59 bits per heavy atom. The summed E-state index contributed by atoms with van der Waals surface area (Å²) in [7, 11) is 0. The lowest BCUT2D eigenvalue weighted by atomic mass is 10.0. The van der Waals surface area contributed by atoms with Crippen LogP contribution in [0.3, 0.4) is 0 Å². The number of carbonyl (C=O) groups is 2. The summed E-state index contributed by atoms with van der Waals surface area (Å²) in [4.78, 5) is 26.0. The van der Waals surface area contributed by atoms with E-state index in [2.05, 4.69) is 80.8 Å². The van der Waals surface area contributed by atoms with Crippen LogP contribution < -0.4 is 5.32 Å². The van der Waals surface area contributed by atoms with Gasteiger partial charge in [-0.15, -0.1) is 0 Å². The smallest absolute Gasteiger partial charge is 0.306 e. The predicted molar refractivity (Wildman–Crippen MR) is 254 cm³/mol.